The number of anilines is 1. The molecule has 0 aromatic heterocycles. The molecule has 0 aliphatic carbocycles. The van der Waals surface area contributed by atoms with E-state index in [-0.39, 0.29) is 0 Å². The highest BCUT2D eigenvalue weighted by Gasteiger charge is 2.06. The van der Waals surface area contributed by atoms with Crippen LogP contribution in [0.4, 0.5) is 5.69 Å². The van der Waals surface area contributed by atoms with Gasteiger partial charge in [0.1, 0.15) is 12.1 Å². The Labute approximate surface area is 127 Å². The van der Waals surface area contributed by atoms with Crippen molar-refractivity contribution in [3.8, 4) is 12.1 Å². The summed E-state index contributed by atoms with van der Waals surface area (Å²) in [5.41, 5.74) is 2.31. The molecule has 1 N–H and O–H groups in total. The van der Waals surface area contributed by atoms with E-state index in [0.29, 0.717) is 27.7 Å². The fraction of sp³-hybridized carbons (Fsp3) is 0.0667. The molecule has 0 aliphatic heterocycles. The first kappa shape index (κ1) is 14.2. The Morgan fingerprint density at radius 1 is 1.00 bits per heavy atom. The molecule has 0 amide bonds. The number of halogens is 2. The molecule has 0 saturated heterocycles. The average molecular weight is 302 g/mol. The van der Waals surface area contributed by atoms with Crippen molar-refractivity contribution in [2.24, 2.45) is 0 Å². The summed E-state index contributed by atoms with van der Waals surface area (Å²) in [5, 5.41) is 22.0. The van der Waals surface area contributed by atoms with E-state index in [1.54, 1.807) is 24.3 Å². The minimum Gasteiger partial charge on any atom is -0.381 e. The summed E-state index contributed by atoms with van der Waals surface area (Å²) >= 11 is 12.0. The van der Waals surface area contributed by atoms with Crippen LogP contribution in [0.3, 0.4) is 0 Å². The van der Waals surface area contributed by atoms with Gasteiger partial charge in [-0.15, -0.1) is 0 Å². The number of hydrogen-bond acceptors (Lipinski definition) is 3. The summed E-state index contributed by atoms with van der Waals surface area (Å²) in [7, 11) is 0. The molecule has 20 heavy (non-hydrogen) atoms. The summed E-state index contributed by atoms with van der Waals surface area (Å²) in [4.78, 5) is 0. The summed E-state index contributed by atoms with van der Waals surface area (Å²) in [6.45, 7) is 0.482. The predicted molar refractivity (Wildman–Crippen MR) is 79.7 cm³/mol. The number of hydrogen-bond donors (Lipinski definition) is 1. The predicted octanol–water partition coefficient (Wildman–Crippen LogP) is 4.35. The molecule has 0 bridgehead atoms. The Bertz CT molecular complexity index is 727. The topological polar surface area (TPSA) is 59.6 Å². The minimum absolute atomic E-state index is 0.342. The molecule has 2 aromatic rings. The van der Waals surface area contributed by atoms with Gasteiger partial charge < -0.3 is 5.32 Å². The quantitative estimate of drug-likeness (QED) is 0.917. The minimum atomic E-state index is 0.342. The van der Waals surface area contributed by atoms with Crippen LogP contribution in [-0.2, 0) is 6.54 Å². The van der Waals surface area contributed by atoms with Gasteiger partial charge in [-0.1, -0.05) is 35.3 Å². The van der Waals surface area contributed by atoms with Crippen molar-refractivity contribution in [1.29, 1.82) is 10.5 Å². The molecule has 0 saturated carbocycles. The fourth-order valence-corrected chi connectivity index (χ4v) is 2.11. The van der Waals surface area contributed by atoms with Crippen LogP contribution in [0.1, 0.15) is 16.7 Å². The van der Waals surface area contributed by atoms with Gasteiger partial charge in [0, 0.05) is 12.2 Å². The molecule has 0 fully saturated rings. The number of benzene rings is 2. The SMILES string of the molecule is N#Cc1ccc(NCc2cccc(Cl)c2Cl)cc1C#N. The first-order chi connectivity index (χ1) is 9.65. The smallest absolute Gasteiger partial charge is 0.101 e. The standard InChI is InChI=1S/C15H9Cl2N3/c16-14-3-1-2-11(15(14)17)9-20-13-5-4-10(7-18)12(6-13)8-19/h1-6,20H,9H2. The zero-order chi connectivity index (χ0) is 14.5. The zero-order valence-corrected chi connectivity index (χ0v) is 11.8. The van der Waals surface area contributed by atoms with Crippen LogP contribution in [-0.4, -0.2) is 0 Å². The summed E-state index contributed by atoms with van der Waals surface area (Å²) in [6.07, 6.45) is 0. The highest BCUT2D eigenvalue weighted by molar-refractivity contribution is 6.42. The van der Waals surface area contributed by atoms with Crippen LogP contribution < -0.4 is 5.32 Å². The second-order valence-corrected chi connectivity index (χ2v) is 4.84. The van der Waals surface area contributed by atoms with Crippen molar-refractivity contribution in [1.82, 2.24) is 0 Å². The maximum atomic E-state index is 8.97. The number of nitrogens with zero attached hydrogens (tertiary/aromatic N) is 2. The van der Waals surface area contributed by atoms with Gasteiger partial charge in [0.25, 0.3) is 0 Å². The molecule has 2 aromatic carbocycles. The van der Waals surface area contributed by atoms with Gasteiger partial charge in [0.2, 0.25) is 0 Å². The van der Waals surface area contributed by atoms with E-state index in [0.717, 1.165) is 11.3 Å². The third-order valence-electron chi connectivity index (χ3n) is 2.78. The Hall–Kier alpha value is -2.20. The maximum Gasteiger partial charge on any atom is 0.101 e. The Balaban J connectivity index is 2.18. The van der Waals surface area contributed by atoms with Gasteiger partial charge in [0.15, 0.2) is 0 Å². The lowest BCUT2D eigenvalue weighted by molar-refractivity contribution is 1.15. The van der Waals surface area contributed by atoms with Gasteiger partial charge in [0.05, 0.1) is 21.2 Å². The second-order valence-electron chi connectivity index (χ2n) is 4.05. The summed E-state index contributed by atoms with van der Waals surface area (Å²) < 4.78 is 0. The van der Waals surface area contributed by atoms with Gasteiger partial charge in [-0.05, 0) is 29.8 Å². The van der Waals surface area contributed by atoms with Crippen molar-refractivity contribution >= 4 is 28.9 Å². The third kappa shape index (κ3) is 3.03. The van der Waals surface area contributed by atoms with Crippen LogP contribution in [0.25, 0.3) is 0 Å². The summed E-state index contributed by atoms with van der Waals surface area (Å²) in [6, 6.07) is 14.4. The van der Waals surface area contributed by atoms with Crippen LogP contribution >= 0.6 is 23.2 Å². The molecule has 0 radical (unpaired) electrons. The third-order valence-corrected chi connectivity index (χ3v) is 3.63. The van der Waals surface area contributed by atoms with E-state index in [1.807, 2.05) is 24.3 Å². The van der Waals surface area contributed by atoms with Gasteiger partial charge in [-0.2, -0.15) is 10.5 Å². The molecular formula is C15H9Cl2N3. The summed E-state index contributed by atoms with van der Waals surface area (Å²) in [5.74, 6) is 0. The fourth-order valence-electron chi connectivity index (χ4n) is 1.73. The monoisotopic (exact) mass is 301 g/mol. The van der Waals surface area contributed by atoms with Crippen molar-refractivity contribution in [3.05, 3.63) is 63.1 Å². The van der Waals surface area contributed by atoms with E-state index in [4.69, 9.17) is 33.7 Å². The van der Waals surface area contributed by atoms with Gasteiger partial charge in [-0.25, -0.2) is 0 Å². The lowest BCUT2D eigenvalue weighted by Crippen LogP contribution is -2.01. The molecule has 0 heterocycles. The Morgan fingerprint density at radius 3 is 2.45 bits per heavy atom. The highest BCUT2D eigenvalue weighted by atomic mass is 35.5. The van der Waals surface area contributed by atoms with Crippen LogP contribution in [0.15, 0.2) is 36.4 Å². The molecule has 0 aliphatic rings. The first-order valence-corrected chi connectivity index (χ1v) is 6.52. The van der Waals surface area contributed by atoms with Gasteiger partial charge in [-0.3, -0.25) is 0 Å². The Morgan fingerprint density at radius 2 is 1.75 bits per heavy atom. The molecule has 3 nitrogen and oxygen atoms in total. The number of nitriles is 2. The molecule has 5 heteroatoms. The largest absolute Gasteiger partial charge is 0.381 e. The van der Waals surface area contributed by atoms with Crippen LogP contribution in [0, 0.1) is 22.7 Å². The molecular weight excluding hydrogens is 293 g/mol. The van der Waals surface area contributed by atoms with Crippen molar-refractivity contribution in [2.45, 2.75) is 6.54 Å². The van der Waals surface area contributed by atoms with E-state index >= 15 is 0 Å². The van der Waals surface area contributed by atoms with Crippen LogP contribution in [0.2, 0.25) is 10.0 Å². The lowest BCUT2D eigenvalue weighted by atomic mass is 10.1. The van der Waals surface area contributed by atoms with Crippen molar-refractivity contribution < 1.29 is 0 Å². The molecule has 0 spiro atoms. The highest BCUT2D eigenvalue weighted by Crippen LogP contribution is 2.26. The lowest BCUT2D eigenvalue weighted by Gasteiger charge is -2.09. The maximum absolute atomic E-state index is 8.97. The van der Waals surface area contributed by atoms with E-state index in [2.05, 4.69) is 5.32 Å². The normalized spacial score (nSPS) is 9.60. The molecule has 2 rings (SSSR count). The van der Waals surface area contributed by atoms with E-state index in [1.165, 1.54) is 0 Å². The number of nitrogens with one attached hydrogen (secondary N) is 1. The van der Waals surface area contributed by atoms with Gasteiger partial charge >= 0.3 is 0 Å². The van der Waals surface area contributed by atoms with Crippen molar-refractivity contribution in [2.75, 3.05) is 5.32 Å². The van der Waals surface area contributed by atoms with Crippen LogP contribution in [0.5, 0.6) is 0 Å². The molecule has 0 unspecified atom stereocenters. The van der Waals surface area contributed by atoms with E-state index < -0.39 is 0 Å². The van der Waals surface area contributed by atoms with Crippen molar-refractivity contribution in [3.63, 3.8) is 0 Å². The zero-order valence-electron chi connectivity index (χ0n) is 10.3. The molecule has 98 valence electrons. The Kier molecular flexibility index (Phi) is 4.48. The second kappa shape index (κ2) is 6.30. The molecule has 0 atom stereocenters. The average Bonchev–Trinajstić information content (AvgIpc) is 2.48. The first-order valence-electron chi connectivity index (χ1n) is 5.76. The van der Waals surface area contributed by atoms with E-state index in [9.17, 15) is 0 Å². The number of rotatable bonds is 3.